The van der Waals surface area contributed by atoms with E-state index < -0.39 is 48.4 Å². The summed E-state index contributed by atoms with van der Waals surface area (Å²) >= 11 is 1.49. The van der Waals surface area contributed by atoms with Crippen molar-refractivity contribution in [3.63, 3.8) is 0 Å². The molecule has 11 nitrogen and oxygen atoms in total. The van der Waals surface area contributed by atoms with Crippen LogP contribution in [0.25, 0.3) is 0 Å². The molecule has 0 aliphatic rings. The van der Waals surface area contributed by atoms with Gasteiger partial charge in [-0.1, -0.05) is 20.3 Å². The third-order valence-corrected chi connectivity index (χ3v) is 5.43. The molecule has 0 spiro atoms. The van der Waals surface area contributed by atoms with E-state index in [1.54, 1.807) is 6.20 Å². The highest BCUT2D eigenvalue weighted by Crippen LogP contribution is 2.10. The minimum Gasteiger partial charge on any atom is -0.480 e. The first-order valence-corrected chi connectivity index (χ1v) is 11.4. The summed E-state index contributed by atoms with van der Waals surface area (Å²) in [5.74, 6) is -2.42. The number of hydrogen-bond donors (Lipinski definition) is 6. The lowest BCUT2D eigenvalue weighted by molar-refractivity contribution is -0.138. The number of nitrogens with two attached hydrogens (primary N) is 1. The van der Waals surface area contributed by atoms with Crippen molar-refractivity contribution in [1.82, 2.24) is 25.9 Å². The van der Waals surface area contributed by atoms with Gasteiger partial charge < -0.3 is 31.8 Å². The number of imidazole rings is 1. The van der Waals surface area contributed by atoms with Crippen LogP contribution < -0.4 is 21.7 Å². The highest BCUT2D eigenvalue weighted by Gasteiger charge is 2.31. The van der Waals surface area contributed by atoms with E-state index >= 15 is 0 Å². The summed E-state index contributed by atoms with van der Waals surface area (Å²) in [6, 6.07) is -2.69. The Bertz CT molecular complexity index is 729. The first-order valence-electron chi connectivity index (χ1n) is 10.0. The van der Waals surface area contributed by atoms with Gasteiger partial charge in [-0.05, 0) is 24.3 Å². The van der Waals surface area contributed by atoms with Gasteiger partial charge in [-0.3, -0.25) is 19.2 Å². The topological polar surface area (TPSA) is 179 Å². The largest absolute Gasteiger partial charge is 0.480 e. The fourth-order valence-corrected chi connectivity index (χ4v) is 3.21. The van der Waals surface area contributed by atoms with E-state index in [0.29, 0.717) is 24.3 Å². The number of carbonyl (C=O) groups excluding carboxylic acids is 3. The maximum absolute atomic E-state index is 12.9. The number of aliphatic carboxylic acids is 1. The number of carboxylic acid groups (broad SMARTS) is 1. The number of rotatable bonds is 14. The first-order chi connectivity index (χ1) is 14.7. The zero-order chi connectivity index (χ0) is 23.4. The summed E-state index contributed by atoms with van der Waals surface area (Å²) in [7, 11) is 0. The van der Waals surface area contributed by atoms with Gasteiger partial charge in [0.05, 0.1) is 12.4 Å². The molecule has 0 aliphatic heterocycles. The van der Waals surface area contributed by atoms with Crippen LogP contribution in [0.4, 0.5) is 0 Å². The molecule has 1 aromatic rings. The van der Waals surface area contributed by atoms with Crippen LogP contribution in [0, 0.1) is 5.92 Å². The summed E-state index contributed by atoms with van der Waals surface area (Å²) in [6.07, 6.45) is 6.07. The van der Waals surface area contributed by atoms with Crippen LogP contribution in [-0.2, 0) is 25.6 Å². The van der Waals surface area contributed by atoms with E-state index in [2.05, 4.69) is 25.9 Å². The van der Waals surface area contributed by atoms with Crippen molar-refractivity contribution in [2.75, 3.05) is 18.6 Å². The third kappa shape index (κ3) is 9.39. The van der Waals surface area contributed by atoms with Crippen LogP contribution in [-0.4, -0.2) is 75.4 Å². The van der Waals surface area contributed by atoms with Gasteiger partial charge in [-0.2, -0.15) is 11.8 Å². The first kappa shape index (κ1) is 26.4. The van der Waals surface area contributed by atoms with Gasteiger partial charge in [0.2, 0.25) is 17.7 Å². The van der Waals surface area contributed by atoms with Gasteiger partial charge in [-0.15, -0.1) is 0 Å². The Morgan fingerprint density at radius 2 is 1.94 bits per heavy atom. The molecule has 0 aliphatic carbocycles. The van der Waals surface area contributed by atoms with Gasteiger partial charge in [0.15, 0.2) is 0 Å². The molecule has 174 valence electrons. The lowest BCUT2D eigenvalue weighted by Crippen LogP contribution is -2.58. The lowest BCUT2D eigenvalue weighted by atomic mass is 9.97. The maximum atomic E-state index is 12.9. The highest BCUT2D eigenvalue weighted by atomic mass is 32.2. The van der Waals surface area contributed by atoms with Crippen LogP contribution in [0.15, 0.2) is 12.5 Å². The second-order valence-electron chi connectivity index (χ2n) is 7.21. The summed E-state index contributed by atoms with van der Waals surface area (Å²) in [5.41, 5.74) is 6.66. The Morgan fingerprint density at radius 1 is 1.23 bits per heavy atom. The van der Waals surface area contributed by atoms with E-state index in [9.17, 15) is 19.2 Å². The molecule has 0 saturated carbocycles. The molecule has 7 N–H and O–H groups in total. The zero-order valence-corrected chi connectivity index (χ0v) is 18.8. The Morgan fingerprint density at radius 3 is 2.48 bits per heavy atom. The van der Waals surface area contributed by atoms with Gasteiger partial charge in [0.25, 0.3) is 0 Å². The van der Waals surface area contributed by atoms with E-state index in [1.807, 2.05) is 20.1 Å². The second kappa shape index (κ2) is 13.7. The maximum Gasteiger partial charge on any atom is 0.322 e. The molecule has 1 aromatic heterocycles. The summed E-state index contributed by atoms with van der Waals surface area (Å²) in [5, 5.41) is 16.4. The summed E-state index contributed by atoms with van der Waals surface area (Å²) in [6.45, 7) is 3.15. The quantitative estimate of drug-likeness (QED) is 0.211. The van der Waals surface area contributed by atoms with Gasteiger partial charge in [0, 0.05) is 18.3 Å². The Hall–Kier alpha value is -2.60. The van der Waals surface area contributed by atoms with E-state index in [0.717, 1.165) is 0 Å². The Balaban J connectivity index is 2.84. The average Bonchev–Trinajstić information content (AvgIpc) is 3.25. The SMILES string of the molecule is CCC(C)C(NC(=O)C(N)Cc1cnc[nH]1)C(=O)NC(CCSC)C(=O)NCC(=O)O. The van der Waals surface area contributed by atoms with Crippen molar-refractivity contribution in [3.05, 3.63) is 18.2 Å². The van der Waals surface area contributed by atoms with Crippen LogP contribution in [0.5, 0.6) is 0 Å². The molecule has 0 fully saturated rings. The number of amides is 3. The normalized spacial score (nSPS) is 14.7. The van der Waals surface area contributed by atoms with Crippen molar-refractivity contribution >= 4 is 35.5 Å². The van der Waals surface area contributed by atoms with E-state index in [1.165, 1.54) is 18.1 Å². The van der Waals surface area contributed by atoms with Crippen LogP contribution >= 0.6 is 11.8 Å². The molecule has 4 unspecified atom stereocenters. The Labute approximate surface area is 185 Å². The van der Waals surface area contributed by atoms with Gasteiger partial charge >= 0.3 is 5.97 Å². The molecule has 12 heteroatoms. The Kier molecular flexibility index (Phi) is 11.6. The summed E-state index contributed by atoms with van der Waals surface area (Å²) < 4.78 is 0. The predicted molar refractivity (Wildman–Crippen MR) is 117 cm³/mol. The van der Waals surface area contributed by atoms with Crippen LogP contribution in [0.3, 0.4) is 0 Å². The number of hydrogen-bond acceptors (Lipinski definition) is 7. The number of aromatic amines is 1. The van der Waals surface area contributed by atoms with Crippen molar-refractivity contribution < 1.29 is 24.3 Å². The molecule has 1 rings (SSSR count). The minimum atomic E-state index is -1.18. The number of nitrogens with one attached hydrogen (secondary N) is 4. The standard InChI is InChI=1S/C19H32N6O5S/c1-4-11(2)16(25-17(28)13(20)7-12-8-21-10-23-12)19(30)24-14(5-6-31-3)18(29)22-9-15(26)27/h8,10-11,13-14,16H,4-7,9,20H2,1-3H3,(H,21,23)(H,22,29)(H,24,30)(H,25,28)(H,26,27). The average molecular weight is 457 g/mol. The highest BCUT2D eigenvalue weighted by molar-refractivity contribution is 7.98. The third-order valence-electron chi connectivity index (χ3n) is 4.78. The van der Waals surface area contributed by atoms with Crippen molar-refractivity contribution in [2.45, 2.75) is 51.2 Å². The molecular formula is C19H32N6O5S. The summed E-state index contributed by atoms with van der Waals surface area (Å²) in [4.78, 5) is 55.3. The van der Waals surface area contributed by atoms with Crippen molar-refractivity contribution in [1.29, 1.82) is 0 Å². The molecule has 4 atom stereocenters. The molecule has 0 aromatic carbocycles. The molecule has 0 saturated heterocycles. The molecule has 0 bridgehead atoms. The van der Waals surface area contributed by atoms with Gasteiger partial charge in [0.1, 0.15) is 18.6 Å². The number of aromatic nitrogens is 2. The lowest BCUT2D eigenvalue weighted by Gasteiger charge is -2.27. The minimum absolute atomic E-state index is 0.216. The number of carbonyl (C=O) groups is 4. The van der Waals surface area contributed by atoms with Gasteiger partial charge in [-0.25, -0.2) is 4.98 Å². The van der Waals surface area contributed by atoms with Crippen molar-refractivity contribution in [2.24, 2.45) is 11.7 Å². The molecule has 3 amide bonds. The fraction of sp³-hybridized carbons (Fsp3) is 0.632. The predicted octanol–water partition coefficient (Wildman–Crippen LogP) is -0.751. The van der Waals surface area contributed by atoms with Crippen molar-refractivity contribution in [3.8, 4) is 0 Å². The second-order valence-corrected chi connectivity index (χ2v) is 8.20. The number of H-pyrrole nitrogens is 1. The monoisotopic (exact) mass is 456 g/mol. The van der Waals surface area contributed by atoms with Crippen LogP contribution in [0.2, 0.25) is 0 Å². The van der Waals surface area contributed by atoms with Crippen LogP contribution in [0.1, 0.15) is 32.4 Å². The van der Waals surface area contributed by atoms with E-state index in [-0.39, 0.29) is 12.3 Å². The molecular weight excluding hydrogens is 424 g/mol. The smallest absolute Gasteiger partial charge is 0.322 e. The number of thioether (sulfide) groups is 1. The molecule has 31 heavy (non-hydrogen) atoms. The fourth-order valence-electron chi connectivity index (χ4n) is 2.74. The number of carboxylic acids is 1. The zero-order valence-electron chi connectivity index (χ0n) is 18.0. The molecule has 0 radical (unpaired) electrons. The molecule has 1 heterocycles. The number of nitrogens with zero attached hydrogens (tertiary/aromatic N) is 1. The van der Waals surface area contributed by atoms with E-state index in [4.69, 9.17) is 10.8 Å².